The van der Waals surface area contributed by atoms with Crippen molar-refractivity contribution < 1.29 is 14.1 Å². The van der Waals surface area contributed by atoms with Crippen molar-refractivity contribution >= 4 is 11.8 Å². The van der Waals surface area contributed by atoms with Crippen LogP contribution in [0.15, 0.2) is 10.6 Å². The molecule has 0 radical (unpaired) electrons. The summed E-state index contributed by atoms with van der Waals surface area (Å²) in [5, 5.41) is 10.5. The molecule has 1 aliphatic heterocycles. The van der Waals surface area contributed by atoms with Gasteiger partial charge in [0.15, 0.2) is 5.69 Å². The number of rotatable bonds is 6. The predicted molar refractivity (Wildman–Crippen MR) is 110 cm³/mol. The van der Waals surface area contributed by atoms with Gasteiger partial charge in [0.2, 0.25) is 5.91 Å². The van der Waals surface area contributed by atoms with Gasteiger partial charge in [-0.2, -0.15) is 0 Å². The minimum Gasteiger partial charge on any atom is -0.360 e. The summed E-state index contributed by atoms with van der Waals surface area (Å²) in [4.78, 5) is 27.4. The van der Waals surface area contributed by atoms with Gasteiger partial charge in [-0.15, -0.1) is 0 Å². The lowest BCUT2D eigenvalue weighted by atomic mass is 9.93. The first-order valence-electron chi connectivity index (χ1n) is 11.3. The summed E-state index contributed by atoms with van der Waals surface area (Å²) in [5.41, 5.74) is 0.378. The zero-order valence-electron chi connectivity index (χ0n) is 17.5. The lowest BCUT2D eigenvalue weighted by Gasteiger charge is -2.31. The first-order chi connectivity index (χ1) is 14.1. The fraction of sp³-hybridized carbons (Fsp3) is 0.773. The lowest BCUT2D eigenvalue weighted by molar-refractivity contribution is -0.133. The van der Waals surface area contributed by atoms with Crippen molar-refractivity contribution in [1.82, 2.24) is 20.7 Å². The minimum atomic E-state index is -0.157. The first-order valence-corrected chi connectivity index (χ1v) is 11.3. The fourth-order valence-electron chi connectivity index (χ4n) is 4.71. The zero-order valence-corrected chi connectivity index (χ0v) is 17.5. The molecule has 0 aromatic carbocycles. The minimum absolute atomic E-state index is 0.0743. The average molecular weight is 403 g/mol. The van der Waals surface area contributed by atoms with E-state index in [2.05, 4.69) is 15.8 Å². The molecule has 7 nitrogen and oxygen atoms in total. The van der Waals surface area contributed by atoms with Gasteiger partial charge < -0.3 is 20.1 Å². The third-order valence-corrected chi connectivity index (χ3v) is 6.84. The molecule has 4 rings (SSSR count). The van der Waals surface area contributed by atoms with Gasteiger partial charge in [0, 0.05) is 37.5 Å². The molecular formula is C22H34N4O3. The van der Waals surface area contributed by atoms with Gasteiger partial charge in [-0.3, -0.25) is 9.59 Å². The monoisotopic (exact) mass is 402 g/mol. The number of carbonyl (C=O) groups is 2. The third kappa shape index (κ3) is 5.38. The van der Waals surface area contributed by atoms with Crippen LogP contribution < -0.4 is 10.6 Å². The van der Waals surface area contributed by atoms with Crippen molar-refractivity contribution in [1.29, 1.82) is 0 Å². The van der Waals surface area contributed by atoms with Crippen LogP contribution in [0.1, 0.15) is 86.4 Å². The summed E-state index contributed by atoms with van der Waals surface area (Å²) in [6, 6.07) is 2.05. The molecule has 2 heterocycles. The molecule has 2 aliphatic carbocycles. The number of nitrogens with zero attached hydrogens (tertiary/aromatic N) is 2. The van der Waals surface area contributed by atoms with E-state index in [9.17, 15) is 9.59 Å². The molecular weight excluding hydrogens is 368 g/mol. The molecule has 3 fully saturated rings. The topological polar surface area (TPSA) is 87.5 Å². The maximum Gasteiger partial charge on any atom is 0.273 e. The largest absolute Gasteiger partial charge is 0.360 e. The van der Waals surface area contributed by atoms with E-state index in [0.29, 0.717) is 24.0 Å². The molecule has 2 N–H and O–H groups in total. The maximum absolute atomic E-state index is 12.8. The maximum atomic E-state index is 12.8. The number of amides is 2. The Balaban J connectivity index is 1.31. The molecule has 2 amide bonds. The fourth-order valence-corrected chi connectivity index (χ4v) is 4.71. The molecule has 2 atom stereocenters. The molecule has 0 bridgehead atoms. The van der Waals surface area contributed by atoms with Crippen molar-refractivity contribution in [3.8, 4) is 0 Å². The van der Waals surface area contributed by atoms with E-state index in [-0.39, 0.29) is 23.9 Å². The second-order valence-corrected chi connectivity index (χ2v) is 9.14. The highest BCUT2D eigenvalue weighted by molar-refractivity contribution is 5.92. The Hall–Kier alpha value is -1.89. The number of hydrogen-bond acceptors (Lipinski definition) is 5. The normalized spacial score (nSPS) is 26.0. The molecule has 0 spiro atoms. The smallest absolute Gasteiger partial charge is 0.273 e. The summed E-state index contributed by atoms with van der Waals surface area (Å²) in [5.74, 6) is 1.87. The van der Waals surface area contributed by atoms with Crippen molar-refractivity contribution in [2.75, 3.05) is 20.1 Å². The van der Waals surface area contributed by atoms with Gasteiger partial charge in [0.25, 0.3) is 5.91 Å². The Morgan fingerprint density at radius 1 is 1.17 bits per heavy atom. The standard InChI is InChI=1S/C22H34N4O3/c1-26(21(27)12-15-8-10-23-11-9-15)18-5-3-2-4-17(13-18)24-22(28)19-14-20(29-25-19)16-6-7-16/h14-18,23H,2-13H2,1H3,(H,24,28). The van der Waals surface area contributed by atoms with E-state index in [1.165, 1.54) is 0 Å². The lowest BCUT2D eigenvalue weighted by Crippen LogP contribution is -2.43. The van der Waals surface area contributed by atoms with Crippen LogP contribution >= 0.6 is 0 Å². The second kappa shape index (κ2) is 9.28. The van der Waals surface area contributed by atoms with E-state index in [4.69, 9.17) is 4.52 Å². The molecule has 160 valence electrons. The van der Waals surface area contributed by atoms with Gasteiger partial charge in [-0.1, -0.05) is 18.0 Å². The van der Waals surface area contributed by atoms with Gasteiger partial charge in [0.05, 0.1) is 0 Å². The molecule has 3 aliphatic rings. The van der Waals surface area contributed by atoms with Crippen molar-refractivity contribution in [2.24, 2.45) is 5.92 Å². The van der Waals surface area contributed by atoms with Crippen LogP contribution in [0.2, 0.25) is 0 Å². The Bertz CT molecular complexity index is 709. The molecule has 1 aromatic rings. The number of carbonyl (C=O) groups excluding carboxylic acids is 2. The Morgan fingerprint density at radius 2 is 1.93 bits per heavy atom. The third-order valence-electron chi connectivity index (χ3n) is 6.84. The van der Waals surface area contributed by atoms with Crippen molar-refractivity contribution in [3.63, 3.8) is 0 Å². The van der Waals surface area contributed by atoms with Gasteiger partial charge >= 0.3 is 0 Å². The van der Waals surface area contributed by atoms with Crippen LogP contribution in [0, 0.1) is 5.92 Å². The molecule has 1 saturated heterocycles. The SMILES string of the molecule is CN(C(=O)CC1CCNCC1)C1CCCCC(NC(=O)c2cc(C3CC3)on2)C1. The molecule has 7 heteroatoms. The molecule has 2 saturated carbocycles. The van der Waals surface area contributed by atoms with Crippen molar-refractivity contribution in [3.05, 3.63) is 17.5 Å². The summed E-state index contributed by atoms with van der Waals surface area (Å²) in [6.07, 6.45) is 10.0. The molecule has 1 aromatic heterocycles. The van der Waals surface area contributed by atoms with Crippen LogP contribution in [-0.2, 0) is 4.79 Å². The summed E-state index contributed by atoms with van der Waals surface area (Å²) >= 11 is 0. The highest BCUT2D eigenvalue weighted by Gasteiger charge is 2.31. The number of piperidine rings is 1. The van der Waals surface area contributed by atoms with Crippen LogP contribution in [0.5, 0.6) is 0 Å². The first kappa shape index (κ1) is 20.4. The van der Waals surface area contributed by atoms with Crippen LogP contribution in [0.4, 0.5) is 0 Å². The van der Waals surface area contributed by atoms with Crippen LogP contribution in [0.25, 0.3) is 0 Å². The van der Waals surface area contributed by atoms with E-state index in [1.54, 1.807) is 6.07 Å². The number of hydrogen-bond donors (Lipinski definition) is 2. The second-order valence-electron chi connectivity index (χ2n) is 9.14. The highest BCUT2D eigenvalue weighted by atomic mass is 16.5. The van der Waals surface area contributed by atoms with Gasteiger partial charge in [-0.05, 0) is 64.0 Å². The summed E-state index contributed by atoms with van der Waals surface area (Å²) in [7, 11) is 1.94. The van der Waals surface area contributed by atoms with Crippen molar-refractivity contribution in [2.45, 2.75) is 82.2 Å². The summed E-state index contributed by atoms with van der Waals surface area (Å²) in [6.45, 7) is 2.04. The number of aromatic nitrogens is 1. The van der Waals surface area contributed by atoms with E-state index < -0.39 is 0 Å². The Morgan fingerprint density at radius 3 is 2.69 bits per heavy atom. The zero-order chi connectivity index (χ0) is 20.2. The van der Waals surface area contributed by atoms with Crippen LogP contribution in [-0.4, -0.2) is 54.1 Å². The number of nitrogens with one attached hydrogen (secondary N) is 2. The Kier molecular flexibility index (Phi) is 6.53. The summed E-state index contributed by atoms with van der Waals surface area (Å²) < 4.78 is 5.32. The highest BCUT2D eigenvalue weighted by Crippen LogP contribution is 2.40. The quantitative estimate of drug-likeness (QED) is 0.715. The van der Waals surface area contributed by atoms with Crippen LogP contribution in [0.3, 0.4) is 0 Å². The molecule has 29 heavy (non-hydrogen) atoms. The predicted octanol–water partition coefficient (Wildman–Crippen LogP) is 2.83. The van der Waals surface area contributed by atoms with E-state index in [1.807, 2.05) is 11.9 Å². The van der Waals surface area contributed by atoms with E-state index >= 15 is 0 Å². The van der Waals surface area contributed by atoms with E-state index in [0.717, 1.165) is 76.6 Å². The Labute approximate surface area is 172 Å². The van der Waals surface area contributed by atoms with Gasteiger partial charge in [-0.25, -0.2) is 0 Å². The van der Waals surface area contributed by atoms with Gasteiger partial charge in [0.1, 0.15) is 5.76 Å². The molecule has 2 unspecified atom stereocenters. The average Bonchev–Trinajstić information content (AvgIpc) is 3.50.